The Morgan fingerprint density at radius 2 is 1.86 bits per heavy atom. The molecule has 0 amide bonds. The van der Waals surface area contributed by atoms with Gasteiger partial charge in [0.25, 0.3) is 0 Å². The van der Waals surface area contributed by atoms with E-state index in [1.54, 1.807) is 12.1 Å². The summed E-state index contributed by atoms with van der Waals surface area (Å²) in [5.41, 5.74) is 0.972. The average Bonchev–Trinajstić information content (AvgIpc) is 2.44. The van der Waals surface area contributed by atoms with Crippen molar-refractivity contribution in [2.45, 2.75) is 25.9 Å². The molecule has 0 radical (unpaired) electrons. The lowest BCUT2D eigenvalue weighted by Gasteiger charge is -2.15. The topological polar surface area (TPSA) is 32.3 Å². The number of phenols is 1. The fraction of sp³-hybridized carbons (Fsp3) is 0.250. The first kappa shape index (κ1) is 15.7. The van der Waals surface area contributed by atoms with Gasteiger partial charge >= 0.3 is 0 Å². The van der Waals surface area contributed by atoms with Crippen LogP contribution in [0.4, 0.5) is 8.78 Å². The van der Waals surface area contributed by atoms with Gasteiger partial charge in [0.2, 0.25) is 0 Å². The lowest BCUT2D eigenvalue weighted by Crippen LogP contribution is -2.28. The summed E-state index contributed by atoms with van der Waals surface area (Å²) in [4.78, 5) is 0. The fourth-order valence-electron chi connectivity index (χ4n) is 2.06. The molecule has 0 aliphatic heterocycles. The van der Waals surface area contributed by atoms with Crippen molar-refractivity contribution < 1.29 is 13.9 Å². The summed E-state index contributed by atoms with van der Waals surface area (Å²) in [5.74, 6) is -1.03. The molecule has 0 fully saturated rings. The molecule has 0 saturated heterocycles. The molecule has 1 unspecified atom stereocenters. The summed E-state index contributed by atoms with van der Waals surface area (Å²) >= 11 is 5.82. The van der Waals surface area contributed by atoms with E-state index in [9.17, 15) is 13.9 Å². The van der Waals surface area contributed by atoms with Gasteiger partial charge < -0.3 is 10.4 Å². The summed E-state index contributed by atoms with van der Waals surface area (Å²) in [6.07, 6.45) is 0.254. The minimum absolute atomic E-state index is 0.0295. The third kappa shape index (κ3) is 4.16. The summed E-state index contributed by atoms with van der Waals surface area (Å²) in [6.45, 7) is 2.35. The van der Waals surface area contributed by atoms with Gasteiger partial charge in [-0.2, -0.15) is 0 Å². The van der Waals surface area contributed by atoms with Crippen molar-refractivity contribution in [3.63, 3.8) is 0 Å². The largest absolute Gasteiger partial charge is 0.506 e. The van der Waals surface area contributed by atoms with E-state index in [0.29, 0.717) is 6.54 Å². The van der Waals surface area contributed by atoms with Gasteiger partial charge in [-0.25, -0.2) is 8.78 Å². The third-order valence-corrected chi connectivity index (χ3v) is 3.54. The third-order valence-electron chi connectivity index (χ3n) is 3.24. The number of nitrogens with one attached hydrogen (secondary N) is 1. The number of benzene rings is 2. The van der Waals surface area contributed by atoms with Gasteiger partial charge in [-0.1, -0.05) is 23.7 Å². The van der Waals surface area contributed by atoms with Crippen molar-refractivity contribution in [1.82, 2.24) is 5.32 Å². The summed E-state index contributed by atoms with van der Waals surface area (Å²) in [6, 6.07) is 8.66. The quantitative estimate of drug-likeness (QED) is 0.873. The summed E-state index contributed by atoms with van der Waals surface area (Å²) in [5, 5.41) is 12.8. The van der Waals surface area contributed by atoms with Crippen LogP contribution in [0.15, 0.2) is 36.4 Å². The van der Waals surface area contributed by atoms with E-state index in [1.165, 1.54) is 24.3 Å². The van der Waals surface area contributed by atoms with Crippen molar-refractivity contribution in [3.05, 3.63) is 64.2 Å². The standard InChI is InChI=1S/C16H16ClF2NO/c1-10(7-12-14(18)3-2-4-15(12)19)20-9-11-5-6-16(21)13(17)8-11/h2-6,8,10,20-21H,7,9H2,1H3. The molecule has 0 spiro atoms. The SMILES string of the molecule is CC(Cc1c(F)cccc1F)NCc1ccc(O)c(Cl)c1. The Morgan fingerprint density at radius 1 is 1.19 bits per heavy atom. The van der Waals surface area contributed by atoms with Crippen LogP contribution >= 0.6 is 11.6 Å². The van der Waals surface area contributed by atoms with Gasteiger partial charge in [-0.15, -0.1) is 0 Å². The van der Waals surface area contributed by atoms with Crippen molar-refractivity contribution in [1.29, 1.82) is 0 Å². The Kier molecular flexibility index (Phi) is 5.15. The lowest BCUT2D eigenvalue weighted by atomic mass is 10.1. The molecule has 2 aromatic rings. The molecule has 0 aliphatic carbocycles. The van der Waals surface area contributed by atoms with Crippen LogP contribution in [0.3, 0.4) is 0 Å². The zero-order chi connectivity index (χ0) is 15.4. The smallest absolute Gasteiger partial charge is 0.134 e. The van der Waals surface area contributed by atoms with Crippen molar-refractivity contribution in [2.24, 2.45) is 0 Å². The lowest BCUT2D eigenvalue weighted by molar-refractivity contribution is 0.474. The molecule has 0 saturated carbocycles. The molecule has 2 aromatic carbocycles. The van der Waals surface area contributed by atoms with Crippen LogP contribution < -0.4 is 5.32 Å². The van der Waals surface area contributed by atoms with Crippen molar-refractivity contribution >= 4 is 11.6 Å². The number of hydrogen-bond donors (Lipinski definition) is 2. The van der Waals surface area contributed by atoms with Crippen LogP contribution in [0.2, 0.25) is 5.02 Å². The van der Waals surface area contributed by atoms with E-state index in [4.69, 9.17) is 11.6 Å². The molecule has 0 bridgehead atoms. The van der Waals surface area contributed by atoms with Gasteiger partial charge in [-0.3, -0.25) is 0 Å². The van der Waals surface area contributed by atoms with E-state index in [2.05, 4.69) is 5.32 Å². The average molecular weight is 312 g/mol. The molecule has 1 atom stereocenters. The molecule has 0 heterocycles. The van der Waals surface area contributed by atoms with Crippen LogP contribution in [0.25, 0.3) is 0 Å². The molecule has 0 aromatic heterocycles. The minimum atomic E-state index is -0.531. The maximum absolute atomic E-state index is 13.6. The van der Waals surface area contributed by atoms with Crippen LogP contribution in [-0.4, -0.2) is 11.1 Å². The monoisotopic (exact) mass is 311 g/mol. The van der Waals surface area contributed by atoms with Gasteiger partial charge in [0, 0.05) is 18.2 Å². The zero-order valence-corrected chi connectivity index (χ0v) is 12.3. The van der Waals surface area contributed by atoms with Crippen molar-refractivity contribution in [2.75, 3.05) is 0 Å². The second-order valence-electron chi connectivity index (χ2n) is 4.97. The number of hydrogen-bond acceptors (Lipinski definition) is 2. The molecule has 2 nitrogen and oxygen atoms in total. The second kappa shape index (κ2) is 6.87. The van der Waals surface area contributed by atoms with E-state index >= 15 is 0 Å². The maximum atomic E-state index is 13.6. The van der Waals surface area contributed by atoms with Crippen LogP contribution in [0.1, 0.15) is 18.1 Å². The fourth-order valence-corrected chi connectivity index (χ4v) is 2.26. The zero-order valence-electron chi connectivity index (χ0n) is 11.5. The van der Waals surface area contributed by atoms with Crippen LogP contribution in [-0.2, 0) is 13.0 Å². The Hall–Kier alpha value is -1.65. The molecule has 21 heavy (non-hydrogen) atoms. The van der Waals surface area contributed by atoms with Crippen LogP contribution in [0.5, 0.6) is 5.75 Å². The Bertz CT molecular complexity index is 613. The maximum Gasteiger partial charge on any atom is 0.134 e. The predicted molar refractivity (Wildman–Crippen MR) is 79.5 cm³/mol. The Morgan fingerprint density at radius 3 is 2.48 bits per heavy atom. The van der Waals surface area contributed by atoms with Gasteiger partial charge in [0.1, 0.15) is 17.4 Å². The van der Waals surface area contributed by atoms with Gasteiger partial charge in [0.05, 0.1) is 5.02 Å². The highest BCUT2D eigenvalue weighted by molar-refractivity contribution is 6.32. The highest BCUT2D eigenvalue weighted by Gasteiger charge is 2.12. The first-order chi connectivity index (χ1) is 9.97. The normalized spacial score (nSPS) is 12.4. The van der Waals surface area contributed by atoms with E-state index in [1.807, 2.05) is 6.92 Å². The highest BCUT2D eigenvalue weighted by Crippen LogP contribution is 2.23. The molecule has 5 heteroatoms. The van der Waals surface area contributed by atoms with Gasteiger partial charge in [0.15, 0.2) is 0 Å². The molecule has 0 aliphatic rings. The minimum Gasteiger partial charge on any atom is -0.506 e. The Balaban J connectivity index is 1.96. The van der Waals surface area contributed by atoms with E-state index in [-0.39, 0.29) is 28.8 Å². The molecular formula is C16H16ClF2NO. The predicted octanol–water partition coefficient (Wildman–Crippen LogP) is 4.04. The summed E-state index contributed by atoms with van der Waals surface area (Å²) in [7, 11) is 0. The van der Waals surface area contributed by atoms with Crippen molar-refractivity contribution in [3.8, 4) is 5.75 Å². The summed E-state index contributed by atoms with van der Waals surface area (Å²) < 4.78 is 27.1. The first-order valence-corrected chi connectivity index (χ1v) is 6.99. The van der Waals surface area contributed by atoms with E-state index in [0.717, 1.165) is 5.56 Å². The number of aromatic hydroxyl groups is 1. The number of halogens is 3. The van der Waals surface area contributed by atoms with E-state index < -0.39 is 11.6 Å². The highest BCUT2D eigenvalue weighted by atomic mass is 35.5. The second-order valence-corrected chi connectivity index (χ2v) is 5.38. The van der Waals surface area contributed by atoms with Gasteiger partial charge in [-0.05, 0) is 43.2 Å². The molecular weight excluding hydrogens is 296 g/mol. The number of rotatable bonds is 5. The van der Waals surface area contributed by atoms with Crippen LogP contribution in [0, 0.1) is 11.6 Å². The first-order valence-electron chi connectivity index (χ1n) is 6.61. The molecule has 112 valence electrons. The molecule has 2 rings (SSSR count). The Labute approximate surface area is 127 Å². The number of phenolic OH excluding ortho intramolecular Hbond substituents is 1. The molecule has 2 N–H and O–H groups in total.